The Morgan fingerprint density at radius 2 is 2.21 bits per heavy atom. The normalized spacial score (nSPS) is 45.4. The fourth-order valence-electron chi connectivity index (χ4n) is 3.49. The number of rotatable bonds is 1. The molecule has 14 heavy (non-hydrogen) atoms. The van der Waals surface area contributed by atoms with Crippen molar-refractivity contribution in [2.24, 2.45) is 22.9 Å². The number of hydrazone groups is 1. The molecular weight excluding hydrogens is 172 g/mol. The van der Waals surface area contributed by atoms with Crippen LogP contribution in [0.25, 0.3) is 0 Å². The van der Waals surface area contributed by atoms with Crippen molar-refractivity contribution in [1.82, 2.24) is 5.01 Å². The first-order chi connectivity index (χ1) is 6.86. The van der Waals surface area contributed by atoms with Gasteiger partial charge in [-0.25, -0.2) is 0 Å². The van der Waals surface area contributed by atoms with Crippen LogP contribution in [0, 0.1) is 17.8 Å². The Labute approximate surface area is 86.4 Å². The largest absolute Gasteiger partial charge is 0.293 e. The SMILES string of the molecule is CC[C@@H]1CC2CC(C2)C2CC=NN2C1. The van der Waals surface area contributed by atoms with Gasteiger partial charge in [0.25, 0.3) is 0 Å². The van der Waals surface area contributed by atoms with E-state index in [4.69, 9.17) is 0 Å². The van der Waals surface area contributed by atoms with Crippen molar-refractivity contribution in [3.8, 4) is 0 Å². The number of hydrogen-bond donors (Lipinski definition) is 0. The third-order valence-electron chi connectivity index (χ3n) is 4.47. The minimum Gasteiger partial charge on any atom is -0.293 e. The van der Waals surface area contributed by atoms with Gasteiger partial charge in [0, 0.05) is 19.2 Å². The minimum atomic E-state index is 0.778. The van der Waals surface area contributed by atoms with Gasteiger partial charge in [0.2, 0.25) is 0 Å². The molecule has 3 heterocycles. The predicted molar refractivity (Wildman–Crippen MR) is 58.2 cm³/mol. The van der Waals surface area contributed by atoms with Crippen LogP contribution < -0.4 is 0 Å². The van der Waals surface area contributed by atoms with Gasteiger partial charge in [-0.2, -0.15) is 5.10 Å². The summed E-state index contributed by atoms with van der Waals surface area (Å²) in [7, 11) is 0. The topological polar surface area (TPSA) is 15.6 Å². The lowest BCUT2D eigenvalue weighted by atomic mass is 9.66. The van der Waals surface area contributed by atoms with E-state index in [9.17, 15) is 0 Å². The summed E-state index contributed by atoms with van der Waals surface area (Å²) in [6.45, 7) is 3.56. The van der Waals surface area contributed by atoms with Crippen molar-refractivity contribution in [2.75, 3.05) is 6.54 Å². The fraction of sp³-hybridized carbons (Fsp3) is 0.917. The van der Waals surface area contributed by atoms with Gasteiger partial charge in [0.05, 0.1) is 6.04 Å². The molecule has 0 aromatic heterocycles. The van der Waals surface area contributed by atoms with Crippen LogP contribution in [0.1, 0.15) is 39.0 Å². The Morgan fingerprint density at radius 1 is 1.36 bits per heavy atom. The molecule has 78 valence electrons. The highest BCUT2D eigenvalue weighted by Crippen LogP contribution is 2.45. The number of hydrogen-bond acceptors (Lipinski definition) is 2. The van der Waals surface area contributed by atoms with Crippen LogP contribution in [-0.2, 0) is 0 Å². The van der Waals surface area contributed by atoms with Crippen LogP contribution >= 0.6 is 0 Å². The summed E-state index contributed by atoms with van der Waals surface area (Å²) in [4.78, 5) is 0. The van der Waals surface area contributed by atoms with E-state index in [0.29, 0.717) is 0 Å². The molecule has 0 amide bonds. The molecule has 1 saturated carbocycles. The third-order valence-corrected chi connectivity index (χ3v) is 4.47. The minimum absolute atomic E-state index is 0.778. The van der Waals surface area contributed by atoms with Crippen LogP contribution in [0.5, 0.6) is 0 Å². The summed E-state index contributed by atoms with van der Waals surface area (Å²) >= 11 is 0. The Kier molecular flexibility index (Phi) is 2.03. The highest BCUT2D eigenvalue weighted by atomic mass is 15.5. The van der Waals surface area contributed by atoms with Crippen molar-refractivity contribution >= 4 is 6.21 Å². The summed E-state index contributed by atoms with van der Waals surface area (Å²) in [6.07, 6.45) is 9.12. The molecule has 2 bridgehead atoms. The van der Waals surface area contributed by atoms with Crippen molar-refractivity contribution in [3.63, 3.8) is 0 Å². The Balaban J connectivity index is 1.76. The average Bonchev–Trinajstić information content (AvgIpc) is 2.49. The van der Waals surface area contributed by atoms with E-state index in [1.165, 1.54) is 38.6 Å². The Hall–Kier alpha value is -0.530. The Morgan fingerprint density at radius 3 is 3.00 bits per heavy atom. The third kappa shape index (κ3) is 1.27. The van der Waals surface area contributed by atoms with E-state index >= 15 is 0 Å². The highest BCUT2D eigenvalue weighted by Gasteiger charge is 2.42. The second kappa shape index (κ2) is 3.25. The van der Waals surface area contributed by atoms with Crippen molar-refractivity contribution in [3.05, 3.63) is 0 Å². The zero-order chi connectivity index (χ0) is 9.54. The zero-order valence-electron chi connectivity index (χ0n) is 9.02. The lowest BCUT2D eigenvalue weighted by Crippen LogP contribution is -2.46. The second-order valence-electron chi connectivity index (χ2n) is 5.33. The van der Waals surface area contributed by atoms with E-state index in [2.05, 4.69) is 23.2 Å². The summed E-state index contributed by atoms with van der Waals surface area (Å²) in [5.74, 6) is 2.94. The lowest BCUT2D eigenvalue weighted by molar-refractivity contribution is 0.0177. The molecule has 1 aliphatic carbocycles. The molecule has 2 heteroatoms. The van der Waals surface area contributed by atoms with Crippen LogP contribution in [0.4, 0.5) is 0 Å². The molecule has 0 aromatic rings. The van der Waals surface area contributed by atoms with Gasteiger partial charge < -0.3 is 0 Å². The van der Waals surface area contributed by atoms with Gasteiger partial charge in [0.15, 0.2) is 0 Å². The monoisotopic (exact) mass is 192 g/mol. The molecule has 0 radical (unpaired) electrons. The lowest BCUT2D eigenvalue weighted by Gasteiger charge is -2.47. The molecule has 0 spiro atoms. The number of nitrogens with zero attached hydrogens (tertiary/aromatic N) is 2. The van der Waals surface area contributed by atoms with E-state index in [1.54, 1.807) is 0 Å². The zero-order valence-corrected chi connectivity index (χ0v) is 9.02. The molecular formula is C12H20N2. The van der Waals surface area contributed by atoms with Crippen LogP contribution in [0.3, 0.4) is 0 Å². The molecule has 2 saturated heterocycles. The molecule has 3 fully saturated rings. The van der Waals surface area contributed by atoms with Gasteiger partial charge in [0.1, 0.15) is 0 Å². The molecule has 4 rings (SSSR count). The first-order valence-electron chi connectivity index (χ1n) is 6.16. The van der Waals surface area contributed by atoms with E-state index in [-0.39, 0.29) is 0 Å². The van der Waals surface area contributed by atoms with Crippen LogP contribution in [-0.4, -0.2) is 23.8 Å². The highest BCUT2D eigenvalue weighted by molar-refractivity contribution is 5.60. The maximum absolute atomic E-state index is 4.54. The molecule has 1 unspecified atom stereocenters. The van der Waals surface area contributed by atoms with Crippen LogP contribution in [0.2, 0.25) is 0 Å². The standard InChI is InChI=1S/C12H20N2/c1-2-9-5-10-6-11(7-10)12-3-4-13-14(12)8-9/h4,9-12H,2-3,5-8H2,1H3/t9-,10?,11?,12?/m1/s1. The quantitative estimate of drug-likeness (QED) is 0.623. The molecule has 0 N–H and O–H groups in total. The first-order valence-corrected chi connectivity index (χ1v) is 6.16. The molecule has 2 nitrogen and oxygen atoms in total. The fourth-order valence-corrected chi connectivity index (χ4v) is 3.49. The maximum Gasteiger partial charge on any atom is 0.0549 e. The van der Waals surface area contributed by atoms with Crippen LogP contribution in [0.15, 0.2) is 5.10 Å². The first kappa shape index (κ1) is 8.75. The van der Waals surface area contributed by atoms with Gasteiger partial charge in [-0.3, -0.25) is 5.01 Å². The van der Waals surface area contributed by atoms with E-state index < -0.39 is 0 Å². The molecule has 0 aromatic carbocycles. The number of fused-ring (bicyclic) bond motifs is 2. The maximum atomic E-state index is 4.54. The second-order valence-corrected chi connectivity index (χ2v) is 5.33. The average molecular weight is 192 g/mol. The Bertz CT molecular complexity index is 243. The van der Waals surface area contributed by atoms with Gasteiger partial charge in [-0.05, 0) is 37.0 Å². The summed E-state index contributed by atoms with van der Waals surface area (Å²) in [6, 6.07) is 0.778. The van der Waals surface area contributed by atoms with Crippen molar-refractivity contribution in [1.29, 1.82) is 0 Å². The van der Waals surface area contributed by atoms with Crippen molar-refractivity contribution < 1.29 is 0 Å². The van der Waals surface area contributed by atoms with Crippen molar-refractivity contribution in [2.45, 2.75) is 45.1 Å². The summed E-state index contributed by atoms with van der Waals surface area (Å²) < 4.78 is 0. The van der Waals surface area contributed by atoms with Gasteiger partial charge in [-0.1, -0.05) is 13.3 Å². The van der Waals surface area contributed by atoms with Gasteiger partial charge >= 0.3 is 0 Å². The molecule has 3 aliphatic heterocycles. The van der Waals surface area contributed by atoms with E-state index in [0.717, 1.165) is 23.8 Å². The summed E-state index contributed by atoms with van der Waals surface area (Å²) in [5, 5.41) is 6.94. The molecule has 2 atom stereocenters. The smallest absolute Gasteiger partial charge is 0.0549 e. The summed E-state index contributed by atoms with van der Waals surface area (Å²) in [5.41, 5.74) is 0. The molecule has 4 aliphatic rings. The predicted octanol–water partition coefficient (Wildman–Crippen LogP) is 2.50. The van der Waals surface area contributed by atoms with Gasteiger partial charge in [-0.15, -0.1) is 0 Å². The van der Waals surface area contributed by atoms with E-state index in [1.807, 2.05) is 0 Å².